The summed E-state index contributed by atoms with van der Waals surface area (Å²) in [5.74, 6) is -0.564. The van der Waals surface area contributed by atoms with Crippen molar-refractivity contribution >= 4 is 5.91 Å². The first-order valence-corrected chi connectivity index (χ1v) is 5.44. The van der Waals surface area contributed by atoms with Crippen LogP contribution in [0.5, 0.6) is 0 Å². The van der Waals surface area contributed by atoms with Crippen LogP contribution in [0.25, 0.3) is 0 Å². The Labute approximate surface area is 94.0 Å². The fourth-order valence-electron chi connectivity index (χ4n) is 1.91. The quantitative estimate of drug-likeness (QED) is 0.790. The minimum atomic E-state index is -0.366. The lowest BCUT2D eigenvalue weighted by Gasteiger charge is -2.11. The van der Waals surface area contributed by atoms with Crippen LogP contribution in [0, 0.1) is 12.7 Å². The number of amides is 1. The summed E-state index contributed by atoms with van der Waals surface area (Å²) >= 11 is 0. The summed E-state index contributed by atoms with van der Waals surface area (Å²) in [6.07, 6.45) is 0.931. The second-order valence-electron chi connectivity index (χ2n) is 4.18. The van der Waals surface area contributed by atoms with Crippen LogP contribution in [-0.2, 0) is 0 Å². The van der Waals surface area contributed by atoms with E-state index in [-0.39, 0.29) is 17.8 Å². The van der Waals surface area contributed by atoms with Gasteiger partial charge in [-0.2, -0.15) is 0 Å². The van der Waals surface area contributed by atoms with E-state index >= 15 is 0 Å². The van der Waals surface area contributed by atoms with Crippen molar-refractivity contribution in [1.82, 2.24) is 10.6 Å². The van der Waals surface area contributed by atoms with Gasteiger partial charge in [-0.3, -0.25) is 4.79 Å². The van der Waals surface area contributed by atoms with Gasteiger partial charge in [0.05, 0.1) is 0 Å². The molecule has 1 saturated heterocycles. The van der Waals surface area contributed by atoms with E-state index in [1.54, 1.807) is 13.0 Å². The summed E-state index contributed by atoms with van der Waals surface area (Å²) in [7, 11) is 0. The maximum Gasteiger partial charge on any atom is 0.251 e. The predicted molar refractivity (Wildman–Crippen MR) is 59.9 cm³/mol. The number of hydrogen-bond donors (Lipinski definition) is 2. The molecule has 1 fully saturated rings. The molecule has 1 amide bonds. The van der Waals surface area contributed by atoms with Crippen LogP contribution in [0.15, 0.2) is 18.2 Å². The van der Waals surface area contributed by atoms with Crippen molar-refractivity contribution in [1.29, 1.82) is 0 Å². The van der Waals surface area contributed by atoms with E-state index < -0.39 is 0 Å². The highest BCUT2D eigenvalue weighted by Gasteiger charge is 2.17. The van der Waals surface area contributed by atoms with Crippen molar-refractivity contribution in [2.45, 2.75) is 19.4 Å². The van der Waals surface area contributed by atoms with E-state index in [0.717, 1.165) is 25.1 Å². The van der Waals surface area contributed by atoms with Crippen LogP contribution < -0.4 is 10.6 Å². The van der Waals surface area contributed by atoms with Crippen molar-refractivity contribution in [2.24, 2.45) is 0 Å². The maximum atomic E-state index is 13.1. The van der Waals surface area contributed by atoms with Crippen LogP contribution in [0.4, 0.5) is 4.39 Å². The first-order chi connectivity index (χ1) is 7.65. The highest BCUT2D eigenvalue weighted by molar-refractivity contribution is 5.94. The monoisotopic (exact) mass is 222 g/mol. The molecular weight excluding hydrogens is 207 g/mol. The average Bonchev–Trinajstić information content (AvgIpc) is 2.68. The predicted octanol–water partition coefficient (Wildman–Crippen LogP) is 1.23. The van der Waals surface area contributed by atoms with Crippen molar-refractivity contribution in [3.8, 4) is 0 Å². The fourth-order valence-corrected chi connectivity index (χ4v) is 1.91. The zero-order valence-corrected chi connectivity index (χ0v) is 9.22. The Bertz CT molecular complexity index is 380. The van der Waals surface area contributed by atoms with Gasteiger partial charge >= 0.3 is 0 Å². The van der Waals surface area contributed by atoms with Crippen LogP contribution >= 0.6 is 0 Å². The van der Waals surface area contributed by atoms with Gasteiger partial charge in [-0.1, -0.05) is 0 Å². The zero-order chi connectivity index (χ0) is 11.5. The van der Waals surface area contributed by atoms with Gasteiger partial charge in [0, 0.05) is 18.2 Å². The van der Waals surface area contributed by atoms with E-state index in [9.17, 15) is 9.18 Å². The average molecular weight is 222 g/mol. The normalized spacial score (nSPS) is 19.8. The number of rotatable bonds is 2. The smallest absolute Gasteiger partial charge is 0.251 e. The Hall–Kier alpha value is -1.42. The van der Waals surface area contributed by atoms with Crippen LogP contribution in [-0.4, -0.2) is 25.0 Å². The summed E-state index contributed by atoms with van der Waals surface area (Å²) < 4.78 is 13.1. The van der Waals surface area contributed by atoms with Gasteiger partial charge < -0.3 is 10.6 Å². The summed E-state index contributed by atoms with van der Waals surface area (Å²) in [4.78, 5) is 11.8. The summed E-state index contributed by atoms with van der Waals surface area (Å²) in [5.41, 5.74) is 1.15. The number of carbonyl (C=O) groups is 1. The third-order valence-corrected chi connectivity index (χ3v) is 2.70. The number of halogens is 1. The first-order valence-electron chi connectivity index (χ1n) is 5.44. The topological polar surface area (TPSA) is 41.1 Å². The van der Waals surface area contributed by atoms with Crippen molar-refractivity contribution in [2.75, 3.05) is 13.1 Å². The fraction of sp³-hybridized carbons (Fsp3) is 0.417. The van der Waals surface area contributed by atoms with Crippen molar-refractivity contribution in [3.63, 3.8) is 0 Å². The number of aryl methyl sites for hydroxylation is 1. The van der Waals surface area contributed by atoms with Gasteiger partial charge in [-0.05, 0) is 43.7 Å². The molecule has 1 heterocycles. The molecule has 2 rings (SSSR count). The highest BCUT2D eigenvalue weighted by Crippen LogP contribution is 2.09. The number of benzene rings is 1. The van der Waals surface area contributed by atoms with Gasteiger partial charge in [-0.15, -0.1) is 0 Å². The molecule has 0 unspecified atom stereocenters. The second-order valence-corrected chi connectivity index (χ2v) is 4.18. The maximum absolute atomic E-state index is 13.1. The summed E-state index contributed by atoms with van der Waals surface area (Å²) in [5, 5.41) is 6.04. The molecule has 1 aromatic carbocycles. The molecule has 16 heavy (non-hydrogen) atoms. The number of carbonyl (C=O) groups excluding carboxylic acids is 1. The number of hydrogen-bond acceptors (Lipinski definition) is 2. The van der Waals surface area contributed by atoms with Gasteiger partial charge in [0.15, 0.2) is 0 Å². The standard InChI is InChI=1S/C12H15FN2O/c1-8-4-9(6-10(13)5-8)12(16)15-11-2-3-14-7-11/h4-6,11,14H,2-3,7H2,1H3,(H,15,16)/t11-/m1/s1. The van der Waals surface area contributed by atoms with Gasteiger partial charge in [0.2, 0.25) is 0 Å². The SMILES string of the molecule is Cc1cc(F)cc(C(=O)N[C@@H]2CCNC2)c1. The lowest BCUT2D eigenvalue weighted by molar-refractivity contribution is 0.0939. The van der Waals surface area contributed by atoms with Crippen LogP contribution in [0.3, 0.4) is 0 Å². The summed E-state index contributed by atoms with van der Waals surface area (Å²) in [6.45, 7) is 3.49. The minimum Gasteiger partial charge on any atom is -0.348 e. The lowest BCUT2D eigenvalue weighted by atomic mass is 10.1. The molecular formula is C12H15FN2O. The molecule has 0 saturated carbocycles. The molecule has 0 aromatic heterocycles. The van der Waals surface area contributed by atoms with Gasteiger partial charge in [0.25, 0.3) is 5.91 Å². The molecule has 0 bridgehead atoms. The molecule has 1 aliphatic rings. The van der Waals surface area contributed by atoms with E-state index in [0.29, 0.717) is 5.56 Å². The van der Waals surface area contributed by atoms with Crippen LogP contribution in [0.2, 0.25) is 0 Å². The molecule has 2 N–H and O–H groups in total. The van der Waals surface area contributed by atoms with Crippen LogP contribution in [0.1, 0.15) is 22.3 Å². The first kappa shape index (κ1) is 11.1. The van der Waals surface area contributed by atoms with E-state index in [2.05, 4.69) is 10.6 Å². The molecule has 1 aliphatic heterocycles. The largest absolute Gasteiger partial charge is 0.348 e. The van der Waals surface area contributed by atoms with Crippen molar-refractivity contribution < 1.29 is 9.18 Å². The molecule has 86 valence electrons. The lowest BCUT2D eigenvalue weighted by Crippen LogP contribution is -2.36. The third-order valence-electron chi connectivity index (χ3n) is 2.70. The van der Waals surface area contributed by atoms with E-state index in [1.807, 2.05) is 0 Å². The Morgan fingerprint density at radius 1 is 1.50 bits per heavy atom. The van der Waals surface area contributed by atoms with Gasteiger partial charge in [0.1, 0.15) is 5.82 Å². The molecule has 1 atom stereocenters. The molecule has 0 radical (unpaired) electrons. The zero-order valence-electron chi connectivity index (χ0n) is 9.22. The molecule has 3 nitrogen and oxygen atoms in total. The minimum absolute atomic E-state index is 0.163. The molecule has 0 aliphatic carbocycles. The summed E-state index contributed by atoms with van der Waals surface area (Å²) in [6, 6.07) is 4.54. The Kier molecular flexibility index (Phi) is 3.19. The van der Waals surface area contributed by atoms with E-state index in [1.165, 1.54) is 12.1 Å². The Balaban J connectivity index is 2.07. The Morgan fingerprint density at radius 3 is 2.94 bits per heavy atom. The van der Waals surface area contributed by atoms with E-state index in [4.69, 9.17) is 0 Å². The molecule has 4 heteroatoms. The van der Waals surface area contributed by atoms with Gasteiger partial charge in [-0.25, -0.2) is 4.39 Å². The molecule has 1 aromatic rings. The molecule has 0 spiro atoms. The highest BCUT2D eigenvalue weighted by atomic mass is 19.1. The Morgan fingerprint density at radius 2 is 2.31 bits per heavy atom. The number of nitrogens with one attached hydrogen (secondary N) is 2. The van der Waals surface area contributed by atoms with Crippen molar-refractivity contribution in [3.05, 3.63) is 35.1 Å². The third kappa shape index (κ3) is 2.58. The second kappa shape index (κ2) is 4.61.